The second-order valence-corrected chi connectivity index (χ2v) is 11.1. The summed E-state index contributed by atoms with van der Waals surface area (Å²) in [4.78, 5) is 45.9. The maximum Gasteiger partial charge on any atom is 0.331 e. The van der Waals surface area contributed by atoms with Crippen molar-refractivity contribution in [2.75, 3.05) is 10.2 Å². The minimum absolute atomic E-state index is 0.112. The van der Waals surface area contributed by atoms with Crippen molar-refractivity contribution in [3.8, 4) is 11.5 Å². The van der Waals surface area contributed by atoms with Crippen LogP contribution in [0.1, 0.15) is 47.8 Å². The Morgan fingerprint density at radius 2 is 1.75 bits per heavy atom. The molecule has 2 aromatic carbocycles. The summed E-state index contributed by atoms with van der Waals surface area (Å²) in [5, 5.41) is 9.77. The summed E-state index contributed by atoms with van der Waals surface area (Å²) in [5.74, 6) is 1.00. The molecular weight excluding hydrogens is 526 g/mol. The maximum atomic E-state index is 13.6. The molecule has 0 unspecified atom stereocenters. The molecule has 6 rings (SSSR count). The molecule has 10 heteroatoms. The topological polar surface area (TPSA) is 113 Å². The molecule has 0 saturated heterocycles. The number of urea groups is 1. The van der Waals surface area contributed by atoms with Gasteiger partial charge in [0.2, 0.25) is 5.91 Å². The second-order valence-electron chi connectivity index (χ2n) is 10.1. The number of amides is 4. The summed E-state index contributed by atoms with van der Waals surface area (Å²) >= 11 is 1.25. The number of hydrogen-bond acceptors (Lipinski definition) is 6. The van der Waals surface area contributed by atoms with Crippen molar-refractivity contribution in [3.05, 3.63) is 71.2 Å². The average molecular weight is 556 g/mol. The fourth-order valence-corrected chi connectivity index (χ4v) is 6.54. The molecule has 4 aromatic rings. The van der Waals surface area contributed by atoms with Crippen LogP contribution < -0.4 is 25.6 Å². The van der Waals surface area contributed by atoms with Crippen molar-refractivity contribution in [1.29, 1.82) is 0 Å². The Morgan fingerprint density at radius 3 is 2.48 bits per heavy atom. The third kappa shape index (κ3) is 4.86. The molecule has 1 aliphatic carbocycles. The SMILES string of the molecule is CC(=O)N[C@H]1CCCC[C@@H]1NC(=O)c1sc2nccc3c2c1NC(=O)N3c1ccc(Oc2ccccc2)cc1C. The number of aromatic nitrogens is 1. The molecule has 2 atom stereocenters. The molecule has 40 heavy (non-hydrogen) atoms. The molecule has 2 aromatic heterocycles. The number of nitrogens with zero attached hydrogens (tertiary/aromatic N) is 2. The number of aryl methyl sites for hydroxylation is 1. The smallest absolute Gasteiger partial charge is 0.331 e. The van der Waals surface area contributed by atoms with E-state index >= 15 is 0 Å². The molecule has 0 bridgehead atoms. The van der Waals surface area contributed by atoms with Crippen LogP contribution in [0.4, 0.5) is 21.9 Å². The third-order valence-electron chi connectivity index (χ3n) is 7.31. The van der Waals surface area contributed by atoms with E-state index in [0.717, 1.165) is 42.4 Å². The van der Waals surface area contributed by atoms with Crippen LogP contribution in [0.2, 0.25) is 0 Å². The average Bonchev–Trinajstić information content (AvgIpc) is 3.30. The van der Waals surface area contributed by atoms with E-state index in [1.54, 1.807) is 17.2 Å². The van der Waals surface area contributed by atoms with Gasteiger partial charge in [0, 0.05) is 25.2 Å². The van der Waals surface area contributed by atoms with Gasteiger partial charge in [-0.05, 0) is 61.7 Å². The van der Waals surface area contributed by atoms with Crippen LogP contribution in [0.3, 0.4) is 0 Å². The number of nitrogens with one attached hydrogen (secondary N) is 3. The molecule has 1 saturated carbocycles. The van der Waals surface area contributed by atoms with E-state index in [-0.39, 0.29) is 29.9 Å². The zero-order chi connectivity index (χ0) is 27.8. The number of pyridine rings is 1. The first-order valence-corrected chi connectivity index (χ1v) is 14.1. The number of benzene rings is 2. The Bertz CT molecular complexity index is 1620. The summed E-state index contributed by atoms with van der Waals surface area (Å²) in [6.07, 6.45) is 5.23. The predicted molar refractivity (Wildman–Crippen MR) is 156 cm³/mol. The van der Waals surface area contributed by atoms with E-state index in [0.29, 0.717) is 32.5 Å². The van der Waals surface area contributed by atoms with Crippen LogP contribution in [0.15, 0.2) is 60.8 Å². The number of ether oxygens (including phenoxy) is 1. The number of anilines is 3. The molecule has 9 nitrogen and oxygen atoms in total. The van der Waals surface area contributed by atoms with Crippen LogP contribution >= 0.6 is 11.3 Å². The van der Waals surface area contributed by atoms with E-state index in [4.69, 9.17) is 4.74 Å². The molecule has 4 amide bonds. The van der Waals surface area contributed by atoms with Gasteiger partial charge in [-0.3, -0.25) is 14.5 Å². The zero-order valence-electron chi connectivity index (χ0n) is 22.2. The predicted octanol–water partition coefficient (Wildman–Crippen LogP) is 6.26. The van der Waals surface area contributed by atoms with Gasteiger partial charge in [-0.25, -0.2) is 9.78 Å². The Balaban J connectivity index is 1.31. The lowest BCUT2D eigenvalue weighted by Gasteiger charge is -2.32. The first-order valence-electron chi connectivity index (χ1n) is 13.3. The van der Waals surface area contributed by atoms with Crippen molar-refractivity contribution in [1.82, 2.24) is 15.6 Å². The first kappa shape index (κ1) is 25.8. The van der Waals surface area contributed by atoms with Gasteiger partial charge in [0.05, 0.1) is 22.4 Å². The van der Waals surface area contributed by atoms with Gasteiger partial charge >= 0.3 is 6.03 Å². The van der Waals surface area contributed by atoms with Crippen LogP contribution in [0.5, 0.6) is 11.5 Å². The summed E-state index contributed by atoms with van der Waals surface area (Å²) in [6, 6.07) is 16.2. The van der Waals surface area contributed by atoms with Crippen molar-refractivity contribution in [2.45, 2.75) is 51.6 Å². The fourth-order valence-electron chi connectivity index (χ4n) is 5.52. The molecule has 3 heterocycles. The fraction of sp³-hybridized carbons (Fsp3) is 0.267. The van der Waals surface area contributed by atoms with E-state index in [1.807, 2.05) is 55.5 Å². The van der Waals surface area contributed by atoms with Crippen LogP contribution in [0, 0.1) is 6.92 Å². The quantitative estimate of drug-likeness (QED) is 0.260. The lowest BCUT2D eigenvalue weighted by atomic mass is 9.90. The Morgan fingerprint density at radius 1 is 1.00 bits per heavy atom. The largest absolute Gasteiger partial charge is 0.457 e. The van der Waals surface area contributed by atoms with E-state index in [2.05, 4.69) is 20.9 Å². The van der Waals surface area contributed by atoms with Gasteiger partial charge in [-0.1, -0.05) is 31.0 Å². The molecule has 0 spiro atoms. The highest BCUT2D eigenvalue weighted by molar-refractivity contribution is 7.21. The molecule has 0 radical (unpaired) electrons. The van der Waals surface area contributed by atoms with E-state index < -0.39 is 0 Å². The van der Waals surface area contributed by atoms with Gasteiger partial charge in [0.25, 0.3) is 5.91 Å². The highest BCUT2D eigenvalue weighted by Gasteiger charge is 2.35. The monoisotopic (exact) mass is 555 g/mol. The standard InChI is InChI=1S/C30H29N5O4S/c1-17-16-20(39-19-8-4-3-5-9-19)12-13-23(17)35-24-14-15-31-29-25(24)26(34-30(35)38)27(40-29)28(37)33-22-11-7-6-10-21(22)32-18(2)36/h3-5,8-9,12-16,21-22H,6-7,10-11H2,1-2H3,(H,32,36)(H,33,37)(H,34,38)/t21-,22-/m0/s1. The third-order valence-corrected chi connectivity index (χ3v) is 8.41. The highest BCUT2D eigenvalue weighted by atomic mass is 32.1. The number of thiophene rings is 1. The number of carbonyl (C=O) groups excluding carboxylic acids is 3. The zero-order valence-corrected chi connectivity index (χ0v) is 23.0. The normalized spacial score (nSPS) is 18.2. The maximum absolute atomic E-state index is 13.6. The van der Waals surface area contributed by atoms with Gasteiger partial charge < -0.3 is 20.7 Å². The number of rotatable bonds is 6. The summed E-state index contributed by atoms with van der Waals surface area (Å²) in [5.41, 5.74) is 2.68. The summed E-state index contributed by atoms with van der Waals surface area (Å²) < 4.78 is 5.97. The lowest BCUT2D eigenvalue weighted by molar-refractivity contribution is -0.120. The molecule has 1 fully saturated rings. The van der Waals surface area contributed by atoms with Gasteiger partial charge in [0.1, 0.15) is 21.2 Å². The van der Waals surface area contributed by atoms with E-state index in [9.17, 15) is 14.4 Å². The molecule has 1 aliphatic heterocycles. The first-order chi connectivity index (χ1) is 19.4. The number of carbonyl (C=O) groups is 3. The van der Waals surface area contributed by atoms with Crippen molar-refractivity contribution in [3.63, 3.8) is 0 Å². The highest BCUT2D eigenvalue weighted by Crippen LogP contribution is 2.46. The molecule has 2 aliphatic rings. The Labute approximate surface area is 235 Å². The van der Waals surface area contributed by atoms with Crippen LogP contribution in [-0.2, 0) is 4.79 Å². The van der Waals surface area contributed by atoms with Crippen molar-refractivity contribution in [2.24, 2.45) is 0 Å². The second kappa shape index (κ2) is 10.6. The Kier molecular flexibility index (Phi) is 6.85. The van der Waals surface area contributed by atoms with Gasteiger partial charge in [-0.15, -0.1) is 11.3 Å². The van der Waals surface area contributed by atoms with Crippen molar-refractivity contribution >= 4 is 56.5 Å². The van der Waals surface area contributed by atoms with Gasteiger partial charge in [-0.2, -0.15) is 0 Å². The van der Waals surface area contributed by atoms with E-state index in [1.165, 1.54) is 18.3 Å². The Hall–Kier alpha value is -4.44. The minimum Gasteiger partial charge on any atom is -0.457 e. The summed E-state index contributed by atoms with van der Waals surface area (Å²) in [6.45, 7) is 3.42. The molecule has 3 N–H and O–H groups in total. The molecular formula is C30H29N5O4S. The lowest BCUT2D eigenvalue weighted by Crippen LogP contribution is -2.52. The molecule has 204 valence electrons. The number of hydrogen-bond donors (Lipinski definition) is 3. The summed E-state index contributed by atoms with van der Waals surface area (Å²) in [7, 11) is 0. The van der Waals surface area contributed by atoms with Crippen LogP contribution in [0.25, 0.3) is 10.2 Å². The minimum atomic E-state index is -0.360. The van der Waals surface area contributed by atoms with Gasteiger partial charge in [0.15, 0.2) is 0 Å². The van der Waals surface area contributed by atoms with Crippen LogP contribution in [-0.4, -0.2) is 34.9 Å². The van der Waals surface area contributed by atoms with Crippen molar-refractivity contribution < 1.29 is 19.1 Å². The number of para-hydroxylation sites is 1.